The van der Waals surface area contributed by atoms with E-state index in [2.05, 4.69) is 38.4 Å². The van der Waals surface area contributed by atoms with Gasteiger partial charge in [-0.25, -0.2) is 4.79 Å². The quantitative estimate of drug-likeness (QED) is 0.567. The van der Waals surface area contributed by atoms with Crippen LogP contribution in [0.2, 0.25) is 0 Å². The van der Waals surface area contributed by atoms with E-state index < -0.39 is 23.7 Å². The molecule has 2 atom stereocenters. The summed E-state index contributed by atoms with van der Waals surface area (Å²) in [5, 5.41) is 11.8. The van der Waals surface area contributed by atoms with E-state index in [0.29, 0.717) is 5.75 Å². The molecule has 0 radical (unpaired) electrons. The van der Waals surface area contributed by atoms with Crippen molar-refractivity contribution in [2.75, 3.05) is 0 Å². The first kappa shape index (κ1) is 22.3. The molecule has 4 nitrogen and oxygen atoms in total. The average molecular weight is 394 g/mol. The number of allylic oxidation sites excluding steroid dienone is 2. The van der Waals surface area contributed by atoms with Crippen LogP contribution >= 0.6 is 0 Å². The maximum Gasteiger partial charge on any atom is 0.404 e. The standard InChI is InChI=1S/C25H31NO3/c1-16(2)19-10-8-12-21(14-19)25(6,7)23(18(5)26-24(27)28)29-22-13-9-11-20(15-22)17(3)4/h8-15,18,23,26H,1,3H2,2,4-7H3,(H,27,28). The van der Waals surface area contributed by atoms with Crippen LogP contribution in [0.15, 0.2) is 61.7 Å². The molecule has 0 aromatic heterocycles. The van der Waals surface area contributed by atoms with Gasteiger partial charge in [-0.15, -0.1) is 0 Å². The van der Waals surface area contributed by atoms with Gasteiger partial charge < -0.3 is 15.2 Å². The van der Waals surface area contributed by atoms with Gasteiger partial charge in [0.15, 0.2) is 0 Å². The molecule has 0 saturated carbocycles. The molecule has 0 aliphatic heterocycles. The van der Waals surface area contributed by atoms with E-state index in [1.807, 2.05) is 63.2 Å². The van der Waals surface area contributed by atoms with Gasteiger partial charge in [0.1, 0.15) is 11.9 Å². The first-order valence-electron chi connectivity index (χ1n) is 9.71. The second-order valence-corrected chi connectivity index (χ2v) is 8.17. The highest BCUT2D eigenvalue weighted by molar-refractivity contribution is 5.65. The van der Waals surface area contributed by atoms with E-state index in [-0.39, 0.29) is 0 Å². The van der Waals surface area contributed by atoms with Crippen LogP contribution in [0, 0.1) is 0 Å². The van der Waals surface area contributed by atoms with E-state index in [1.54, 1.807) is 0 Å². The van der Waals surface area contributed by atoms with Crippen LogP contribution in [0.25, 0.3) is 11.1 Å². The molecule has 2 unspecified atom stereocenters. The van der Waals surface area contributed by atoms with Gasteiger partial charge >= 0.3 is 6.09 Å². The van der Waals surface area contributed by atoms with Gasteiger partial charge in [-0.3, -0.25) is 0 Å². The van der Waals surface area contributed by atoms with E-state index in [0.717, 1.165) is 27.8 Å². The lowest BCUT2D eigenvalue weighted by Gasteiger charge is -2.39. The molecular weight excluding hydrogens is 362 g/mol. The highest BCUT2D eigenvalue weighted by Crippen LogP contribution is 2.34. The summed E-state index contributed by atoms with van der Waals surface area (Å²) < 4.78 is 6.40. The number of ether oxygens (including phenoxy) is 1. The third kappa shape index (κ3) is 5.50. The number of amides is 1. The van der Waals surface area contributed by atoms with Crippen LogP contribution < -0.4 is 10.1 Å². The monoisotopic (exact) mass is 393 g/mol. The van der Waals surface area contributed by atoms with Crippen molar-refractivity contribution in [1.82, 2.24) is 5.32 Å². The van der Waals surface area contributed by atoms with Crippen LogP contribution in [-0.4, -0.2) is 23.3 Å². The summed E-state index contributed by atoms with van der Waals surface area (Å²) in [4.78, 5) is 11.3. The highest BCUT2D eigenvalue weighted by Gasteiger charge is 2.38. The average Bonchev–Trinajstić information content (AvgIpc) is 2.65. The number of carbonyl (C=O) groups is 1. The van der Waals surface area contributed by atoms with Crippen molar-refractivity contribution in [3.63, 3.8) is 0 Å². The van der Waals surface area contributed by atoms with E-state index >= 15 is 0 Å². The SMILES string of the molecule is C=C(C)c1cccc(OC(C(C)NC(=O)O)C(C)(C)c2cccc(C(=C)C)c2)c1. The summed E-state index contributed by atoms with van der Waals surface area (Å²) in [7, 11) is 0. The number of hydrogen-bond acceptors (Lipinski definition) is 2. The minimum atomic E-state index is -1.08. The van der Waals surface area contributed by atoms with Gasteiger partial charge in [0.2, 0.25) is 0 Å². The Morgan fingerprint density at radius 2 is 1.59 bits per heavy atom. The molecule has 1 amide bonds. The number of benzene rings is 2. The number of hydrogen-bond donors (Lipinski definition) is 2. The van der Waals surface area contributed by atoms with E-state index in [1.165, 1.54) is 0 Å². The van der Waals surface area contributed by atoms with Crippen molar-refractivity contribution >= 4 is 17.2 Å². The molecule has 2 N–H and O–H groups in total. The van der Waals surface area contributed by atoms with Gasteiger partial charge in [-0.05, 0) is 49.6 Å². The predicted octanol–water partition coefficient (Wildman–Crippen LogP) is 6.13. The molecule has 29 heavy (non-hydrogen) atoms. The predicted molar refractivity (Wildman–Crippen MR) is 120 cm³/mol. The fourth-order valence-corrected chi connectivity index (χ4v) is 3.48. The Kier molecular flexibility index (Phi) is 6.91. The minimum Gasteiger partial charge on any atom is -0.487 e. The summed E-state index contributed by atoms with van der Waals surface area (Å²) in [5.74, 6) is 0.679. The summed E-state index contributed by atoms with van der Waals surface area (Å²) in [6.07, 6.45) is -1.52. The Labute approximate surface area is 173 Å². The molecule has 0 bridgehead atoms. The topological polar surface area (TPSA) is 58.6 Å². The number of nitrogens with one attached hydrogen (secondary N) is 1. The summed E-state index contributed by atoms with van der Waals surface area (Å²) in [6.45, 7) is 17.9. The highest BCUT2D eigenvalue weighted by atomic mass is 16.5. The lowest BCUT2D eigenvalue weighted by Crippen LogP contribution is -2.52. The molecule has 154 valence electrons. The first-order chi connectivity index (χ1) is 13.5. The lowest BCUT2D eigenvalue weighted by atomic mass is 9.76. The molecule has 0 aliphatic rings. The number of rotatable bonds is 8. The third-order valence-corrected chi connectivity index (χ3v) is 5.21. The van der Waals surface area contributed by atoms with Gasteiger partial charge in [-0.1, -0.05) is 74.5 Å². The lowest BCUT2D eigenvalue weighted by molar-refractivity contribution is 0.0884. The van der Waals surface area contributed by atoms with Gasteiger partial charge in [0.25, 0.3) is 0 Å². The Morgan fingerprint density at radius 1 is 1.03 bits per heavy atom. The van der Waals surface area contributed by atoms with Crippen LogP contribution in [0.1, 0.15) is 51.3 Å². The van der Waals surface area contributed by atoms with Gasteiger partial charge in [-0.2, -0.15) is 0 Å². The molecule has 2 aromatic carbocycles. The molecule has 0 aliphatic carbocycles. The molecule has 4 heteroatoms. The van der Waals surface area contributed by atoms with Crippen molar-refractivity contribution in [2.45, 2.75) is 52.2 Å². The van der Waals surface area contributed by atoms with Crippen molar-refractivity contribution in [3.05, 3.63) is 78.4 Å². The van der Waals surface area contributed by atoms with Crippen molar-refractivity contribution in [3.8, 4) is 5.75 Å². The Hall–Kier alpha value is -3.01. The fourth-order valence-electron chi connectivity index (χ4n) is 3.48. The van der Waals surface area contributed by atoms with Crippen LogP contribution in [0.4, 0.5) is 4.79 Å². The van der Waals surface area contributed by atoms with Crippen LogP contribution in [0.3, 0.4) is 0 Å². The maximum atomic E-state index is 11.3. The zero-order valence-corrected chi connectivity index (χ0v) is 18.0. The smallest absolute Gasteiger partial charge is 0.404 e. The van der Waals surface area contributed by atoms with Crippen molar-refractivity contribution in [2.24, 2.45) is 0 Å². The largest absolute Gasteiger partial charge is 0.487 e. The molecule has 0 heterocycles. The van der Waals surface area contributed by atoms with Crippen LogP contribution in [0.5, 0.6) is 5.75 Å². The van der Waals surface area contributed by atoms with E-state index in [9.17, 15) is 9.90 Å². The molecular formula is C25H31NO3. The zero-order valence-electron chi connectivity index (χ0n) is 18.0. The zero-order chi connectivity index (χ0) is 21.8. The molecule has 0 spiro atoms. The van der Waals surface area contributed by atoms with E-state index in [4.69, 9.17) is 4.74 Å². The van der Waals surface area contributed by atoms with Crippen molar-refractivity contribution < 1.29 is 14.6 Å². The van der Waals surface area contributed by atoms with Crippen molar-refractivity contribution in [1.29, 1.82) is 0 Å². The Morgan fingerprint density at radius 3 is 2.14 bits per heavy atom. The normalized spacial score (nSPS) is 13.3. The second kappa shape index (κ2) is 8.99. The van der Waals surface area contributed by atoms with Crippen LogP contribution in [-0.2, 0) is 5.41 Å². The molecule has 0 fully saturated rings. The molecule has 2 rings (SSSR count). The van der Waals surface area contributed by atoms with Gasteiger partial charge in [0, 0.05) is 5.41 Å². The summed E-state index contributed by atoms with van der Waals surface area (Å²) >= 11 is 0. The molecule has 0 saturated heterocycles. The fraction of sp³-hybridized carbons (Fsp3) is 0.320. The maximum absolute atomic E-state index is 11.3. The third-order valence-electron chi connectivity index (χ3n) is 5.21. The minimum absolute atomic E-state index is 0.440. The number of carboxylic acid groups (broad SMARTS) is 1. The molecule has 2 aromatic rings. The second-order valence-electron chi connectivity index (χ2n) is 8.17. The van der Waals surface area contributed by atoms with Gasteiger partial charge in [0.05, 0.1) is 6.04 Å². The Bertz CT molecular complexity index is 914. The Balaban J connectivity index is 2.47. The first-order valence-corrected chi connectivity index (χ1v) is 9.71. The summed E-state index contributed by atoms with van der Waals surface area (Å²) in [5.41, 5.74) is 4.54. The summed E-state index contributed by atoms with van der Waals surface area (Å²) in [6, 6.07) is 15.4.